The average molecular weight is 449 g/mol. The highest BCUT2D eigenvalue weighted by Crippen LogP contribution is 2.30. The first-order valence-corrected chi connectivity index (χ1v) is 11.4. The van der Waals surface area contributed by atoms with Gasteiger partial charge in [0.2, 0.25) is 10.0 Å². The van der Waals surface area contributed by atoms with E-state index < -0.39 is 10.0 Å². The Hall–Kier alpha value is -2.62. The van der Waals surface area contributed by atoms with E-state index in [0.717, 1.165) is 18.4 Å². The van der Waals surface area contributed by atoms with Crippen LogP contribution in [0.15, 0.2) is 45.8 Å². The summed E-state index contributed by atoms with van der Waals surface area (Å²) in [6, 6.07) is 8.31. The van der Waals surface area contributed by atoms with Crippen LogP contribution in [0.2, 0.25) is 5.02 Å². The second-order valence-electron chi connectivity index (χ2n) is 7.14. The number of aromatic nitrogens is 2. The van der Waals surface area contributed by atoms with Crippen molar-refractivity contribution in [3.8, 4) is 11.5 Å². The third kappa shape index (κ3) is 4.14. The molecule has 1 amide bonds. The topological polar surface area (TPSA) is 108 Å². The second-order valence-corrected chi connectivity index (χ2v) is 9.31. The van der Waals surface area contributed by atoms with Gasteiger partial charge in [-0.05, 0) is 37.5 Å². The van der Waals surface area contributed by atoms with Gasteiger partial charge in [-0.2, -0.15) is 5.10 Å². The lowest BCUT2D eigenvalue weighted by atomic mass is 10.2. The molecule has 3 heterocycles. The zero-order valence-corrected chi connectivity index (χ0v) is 17.9. The predicted molar refractivity (Wildman–Crippen MR) is 112 cm³/mol. The highest BCUT2D eigenvalue weighted by atomic mass is 35.5. The number of sulfonamides is 1. The largest absolute Gasteiger partial charge is 0.458 e. The molecule has 1 aliphatic rings. The summed E-state index contributed by atoms with van der Waals surface area (Å²) in [6.45, 7) is 3.09. The number of halogens is 1. The van der Waals surface area contributed by atoms with Crippen molar-refractivity contribution < 1.29 is 17.6 Å². The van der Waals surface area contributed by atoms with Crippen LogP contribution in [-0.4, -0.2) is 42.5 Å². The van der Waals surface area contributed by atoms with Gasteiger partial charge < -0.3 is 9.32 Å². The predicted octanol–water partition coefficient (Wildman–Crippen LogP) is 3.35. The number of furan rings is 1. The highest BCUT2D eigenvalue weighted by Gasteiger charge is 2.27. The fraction of sp³-hybridized carbons (Fsp3) is 0.300. The summed E-state index contributed by atoms with van der Waals surface area (Å²) in [6.07, 6.45) is 3.39. The second kappa shape index (κ2) is 8.25. The third-order valence-corrected chi connectivity index (χ3v) is 6.81. The van der Waals surface area contributed by atoms with Gasteiger partial charge in [-0.25, -0.2) is 13.1 Å². The lowest BCUT2D eigenvalue weighted by Gasteiger charge is -2.14. The number of amides is 1. The zero-order chi connectivity index (χ0) is 21.3. The number of nitrogens with zero attached hydrogens (tertiary/aromatic N) is 2. The standard InChI is InChI=1S/C20H21ClN4O4S/c1-13-18(30(27,28)23-11-14-4-6-15(21)7-5-14)10-17(29-13)19-16(12-22-24-19)20(26)25-8-2-3-9-25/h4-7,10,12,23H,2-3,8-9,11H2,1H3,(H,22,24). The molecule has 0 spiro atoms. The van der Waals surface area contributed by atoms with Gasteiger partial charge in [0.25, 0.3) is 5.91 Å². The number of rotatable bonds is 6. The van der Waals surface area contributed by atoms with Crippen molar-refractivity contribution in [1.29, 1.82) is 0 Å². The molecule has 0 unspecified atom stereocenters. The van der Waals surface area contributed by atoms with E-state index >= 15 is 0 Å². The summed E-state index contributed by atoms with van der Waals surface area (Å²) in [7, 11) is -3.82. The molecular formula is C20H21ClN4O4S. The highest BCUT2D eigenvalue weighted by molar-refractivity contribution is 7.89. The maximum Gasteiger partial charge on any atom is 0.257 e. The first kappa shape index (κ1) is 20.6. The van der Waals surface area contributed by atoms with Gasteiger partial charge in [-0.3, -0.25) is 9.89 Å². The van der Waals surface area contributed by atoms with E-state index in [9.17, 15) is 13.2 Å². The van der Waals surface area contributed by atoms with Gasteiger partial charge >= 0.3 is 0 Å². The Bertz CT molecular complexity index is 1160. The third-order valence-electron chi connectivity index (χ3n) is 5.05. The number of H-pyrrole nitrogens is 1. The molecule has 1 saturated heterocycles. The molecule has 2 aromatic heterocycles. The van der Waals surface area contributed by atoms with Gasteiger partial charge in [0.15, 0.2) is 5.76 Å². The fourth-order valence-corrected chi connectivity index (χ4v) is 4.76. The molecule has 1 aromatic carbocycles. The van der Waals surface area contributed by atoms with Crippen molar-refractivity contribution >= 4 is 27.5 Å². The number of hydrogen-bond donors (Lipinski definition) is 2. The summed E-state index contributed by atoms with van der Waals surface area (Å²) < 4.78 is 33.9. The number of carbonyl (C=O) groups excluding carboxylic acids is 1. The van der Waals surface area contributed by atoms with Crippen molar-refractivity contribution in [3.63, 3.8) is 0 Å². The number of hydrogen-bond acceptors (Lipinski definition) is 5. The van der Waals surface area contributed by atoms with Crippen LogP contribution in [0.25, 0.3) is 11.5 Å². The zero-order valence-electron chi connectivity index (χ0n) is 16.3. The van der Waals surface area contributed by atoms with Gasteiger partial charge in [0, 0.05) is 30.7 Å². The van der Waals surface area contributed by atoms with Crippen LogP contribution in [0.3, 0.4) is 0 Å². The summed E-state index contributed by atoms with van der Waals surface area (Å²) in [5.74, 6) is 0.331. The van der Waals surface area contributed by atoms with Crippen molar-refractivity contribution in [2.24, 2.45) is 0 Å². The van der Waals surface area contributed by atoms with E-state index in [1.54, 1.807) is 36.1 Å². The van der Waals surface area contributed by atoms with Gasteiger partial charge in [-0.15, -0.1) is 0 Å². The molecule has 30 heavy (non-hydrogen) atoms. The average Bonchev–Trinajstić information content (AvgIpc) is 3.47. The van der Waals surface area contributed by atoms with Crippen LogP contribution in [-0.2, 0) is 16.6 Å². The Balaban J connectivity index is 1.57. The molecule has 8 nitrogen and oxygen atoms in total. The minimum Gasteiger partial charge on any atom is -0.458 e. The number of aromatic amines is 1. The van der Waals surface area contributed by atoms with Gasteiger partial charge in [-0.1, -0.05) is 23.7 Å². The summed E-state index contributed by atoms with van der Waals surface area (Å²) in [5, 5.41) is 7.31. The molecular weight excluding hydrogens is 428 g/mol. The Morgan fingerprint density at radius 1 is 1.27 bits per heavy atom. The number of aryl methyl sites for hydroxylation is 1. The van der Waals surface area contributed by atoms with E-state index in [0.29, 0.717) is 29.4 Å². The van der Waals surface area contributed by atoms with Crippen molar-refractivity contribution in [1.82, 2.24) is 19.8 Å². The number of nitrogens with one attached hydrogen (secondary N) is 2. The van der Waals surface area contributed by atoms with Gasteiger partial charge in [0.05, 0.1) is 11.8 Å². The van der Waals surface area contributed by atoms with Crippen LogP contribution in [0.5, 0.6) is 0 Å². The Kier molecular flexibility index (Phi) is 5.68. The van der Waals surface area contributed by atoms with Crippen molar-refractivity contribution in [3.05, 3.63) is 58.4 Å². The molecule has 1 fully saturated rings. The summed E-state index contributed by atoms with van der Waals surface area (Å²) >= 11 is 5.86. The maximum absolute atomic E-state index is 12.8. The first-order valence-electron chi connectivity index (χ1n) is 9.53. The minimum atomic E-state index is -3.82. The Morgan fingerprint density at radius 2 is 1.97 bits per heavy atom. The smallest absolute Gasteiger partial charge is 0.257 e. The van der Waals surface area contributed by atoms with E-state index in [-0.39, 0.29) is 28.9 Å². The molecule has 158 valence electrons. The quantitative estimate of drug-likeness (QED) is 0.601. The number of benzene rings is 1. The van der Waals surface area contributed by atoms with Crippen LogP contribution in [0.4, 0.5) is 0 Å². The normalized spacial score (nSPS) is 14.4. The van der Waals surface area contributed by atoms with Crippen molar-refractivity contribution in [2.75, 3.05) is 13.1 Å². The van der Waals surface area contributed by atoms with Crippen LogP contribution in [0.1, 0.15) is 34.5 Å². The number of likely N-dealkylation sites (tertiary alicyclic amines) is 1. The maximum atomic E-state index is 12.8. The SMILES string of the molecule is Cc1oc(-c2[nH]ncc2C(=O)N2CCCC2)cc1S(=O)(=O)NCc1ccc(Cl)cc1. The minimum absolute atomic E-state index is 0.0145. The molecule has 0 radical (unpaired) electrons. The van der Waals surface area contributed by atoms with E-state index in [1.807, 2.05) is 0 Å². The summed E-state index contributed by atoms with van der Waals surface area (Å²) in [4.78, 5) is 14.5. The lowest BCUT2D eigenvalue weighted by molar-refractivity contribution is 0.0793. The van der Waals surface area contributed by atoms with Crippen LogP contribution >= 0.6 is 11.6 Å². The molecule has 2 N–H and O–H groups in total. The first-order chi connectivity index (χ1) is 14.3. The number of carbonyl (C=O) groups is 1. The van der Waals surface area contributed by atoms with E-state index in [4.69, 9.17) is 16.0 Å². The molecule has 4 rings (SSSR count). The van der Waals surface area contributed by atoms with E-state index in [1.165, 1.54) is 12.3 Å². The lowest BCUT2D eigenvalue weighted by Crippen LogP contribution is -2.27. The Labute approximate surface area is 179 Å². The van der Waals surface area contributed by atoms with Crippen molar-refractivity contribution in [2.45, 2.75) is 31.2 Å². The molecule has 0 saturated carbocycles. The summed E-state index contributed by atoms with van der Waals surface area (Å²) in [5.41, 5.74) is 1.51. The molecule has 0 aliphatic carbocycles. The van der Waals surface area contributed by atoms with E-state index in [2.05, 4.69) is 14.9 Å². The molecule has 10 heteroatoms. The van der Waals surface area contributed by atoms with Gasteiger partial charge in [0.1, 0.15) is 16.3 Å². The van der Waals surface area contributed by atoms with Crippen LogP contribution in [0, 0.1) is 6.92 Å². The fourth-order valence-electron chi connectivity index (χ4n) is 3.44. The Morgan fingerprint density at radius 3 is 2.67 bits per heavy atom. The molecule has 3 aromatic rings. The monoisotopic (exact) mass is 448 g/mol. The molecule has 1 aliphatic heterocycles. The molecule has 0 atom stereocenters. The van der Waals surface area contributed by atoms with Crippen LogP contribution < -0.4 is 4.72 Å². The molecule has 0 bridgehead atoms.